The quantitative estimate of drug-likeness (QED) is 0.420. The molecule has 10 rings (SSSR count). The van der Waals surface area contributed by atoms with Gasteiger partial charge in [0.05, 0.1) is 13.2 Å². The molecule has 0 saturated heterocycles. The van der Waals surface area contributed by atoms with E-state index in [0.29, 0.717) is 13.2 Å². The first-order valence-electron chi connectivity index (χ1n) is 15.7. The monoisotopic (exact) mass is 516 g/mol. The van der Waals surface area contributed by atoms with Gasteiger partial charge in [0.25, 0.3) is 0 Å². The van der Waals surface area contributed by atoms with Crippen molar-refractivity contribution in [2.24, 2.45) is 35.5 Å². The summed E-state index contributed by atoms with van der Waals surface area (Å²) in [5.41, 5.74) is 3.36. The van der Waals surface area contributed by atoms with E-state index < -0.39 is 0 Å². The number of rotatable bonds is 8. The predicted octanol–water partition coefficient (Wildman–Crippen LogP) is 6.52. The van der Waals surface area contributed by atoms with Gasteiger partial charge in [0.1, 0.15) is 24.7 Å². The predicted molar refractivity (Wildman–Crippen MR) is 149 cm³/mol. The van der Waals surface area contributed by atoms with Gasteiger partial charge in [-0.1, -0.05) is 0 Å². The molecule has 8 aliphatic carbocycles. The summed E-state index contributed by atoms with van der Waals surface area (Å²) in [4.78, 5) is 0. The van der Waals surface area contributed by atoms with Crippen molar-refractivity contribution in [1.29, 1.82) is 0 Å². The lowest BCUT2D eigenvalue weighted by Gasteiger charge is -2.58. The SMILES string of the molecule is OCCOc1ccc2c(OCCO)cc(C34CC5CC(CC(C5)C3)C4)cc2c1C12CC3CC(CC(C3)C1)C2. The van der Waals surface area contributed by atoms with Crippen molar-refractivity contribution in [3.8, 4) is 11.5 Å². The van der Waals surface area contributed by atoms with Gasteiger partial charge in [0.2, 0.25) is 0 Å². The Labute approximate surface area is 227 Å². The summed E-state index contributed by atoms with van der Waals surface area (Å²) >= 11 is 0. The lowest BCUT2D eigenvalue weighted by molar-refractivity contribution is -0.00638. The van der Waals surface area contributed by atoms with Gasteiger partial charge in [-0.05, 0) is 153 Å². The first-order valence-corrected chi connectivity index (χ1v) is 15.7. The van der Waals surface area contributed by atoms with Crippen LogP contribution in [0.15, 0.2) is 24.3 Å². The Morgan fingerprint density at radius 3 is 1.55 bits per heavy atom. The molecule has 8 bridgehead atoms. The molecule has 38 heavy (non-hydrogen) atoms. The minimum atomic E-state index is 0.0304. The third-order valence-electron chi connectivity index (χ3n) is 12.0. The zero-order chi connectivity index (χ0) is 25.5. The van der Waals surface area contributed by atoms with Crippen LogP contribution in [-0.4, -0.2) is 36.6 Å². The van der Waals surface area contributed by atoms with E-state index in [1.54, 1.807) is 0 Å². The molecule has 0 atom stereocenters. The van der Waals surface area contributed by atoms with Crippen LogP contribution >= 0.6 is 0 Å². The van der Waals surface area contributed by atoms with Crippen molar-refractivity contribution in [2.45, 2.75) is 87.9 Å². The number of aliphatic hydroxyl groups is 2. The number of fused-ring (bicyclic) bond motifs is 1. The molecule has 0 unspecified atom stereocenters. The van der Waals surface area contributed by atoms with Crippen molar-refractivity contribution in [3.05, 3.63) is 35.4 Å². The first kappa shape index (κ1) is 24.1. The van der Waals surface area contributed by atoms with Crippen LogP contribution in [0.3, 0.4) is 0 Å². The van der Waals surface area contributed by atoms with E-state index in [2.05, 4.69) is 24.3 Å². The molecule has 4 heteroatoms. The second kappa shape index (κ2) is 8.86. The molecule has 0 aromatic heterocycles. The second-order valence-corrected chi connectivity index (χ2v) is 14.5. The Bertz CT molecular complexity index is 1160. The fourth-order valence-electron chi connectivity index (χ4n) is 11.7. The molecule has 8 aliphatic rings. The van der Waals surface area contributed by atoms with E-state index in [1.807, 2.05) is 0 Å². The van der Waals surface area contributed by atoms with Crippen LogP contribution in [0, 0.1) is 35.5 Å². The Kier molecular flexibility index (Phi) is 5.61. The average Bonchev–Trinajstić information content (AvgIpc) is 2.88. The van der Waals surface area contributed by atoms with E-state index >= 15 is 0 Å². The lowest BCUT2D eigenvalue weighted by atomic mass is 9.47. The average molecular weight is 517 g/mol. The van der Waals surface area contributed by atoms with Gasteiger partial charge >= 0.3 is 0 Å². The minimum absolute atomic E-state index is 0.0304. The summed E-state index contributed by atoms with van der Waals surface area (Å²) in [6, 6.07) is 9.28. The van der Waals surface area contributed by atoms with E-state index in [0.717, 1.165) is 47.0 Å². The molecule has 8 saturated carbocycles. The fraction of sp³-hybridized carbons (Fsp3) is 0.706. The van der Waals surface area contributed by atoms with Crippen molar-refractivity contribution in [2.75, 3.05) is 26.4 Å². The van der Waals surface area contributed by atoms with Gasteiger partial charge in [-0.15, -0.1) is 0 Å². The Balaban J connectivity index is 1.34. The maximum absolute atomic E-state index is 9.68. The highest BCUT2D eigenvalue weighted by Crippen LogP contribution is 2.64. The molecule has 2 aromatic carbocycles. The molecule has 8 fully saturated rings. The summed E-state index contributed by atoms with van der Waals surface area (Å²) in [5, 5.41) is 21.9. The number of hydrogen-bond donors (Lipinski definition) is 2. The molecule has 0 heterocycles. The van der Waals surface area contributed by atoms with Gasteiger partial charge < -0.3 is 19.7 Å². The molecule has 0 aliphatic heterocycles. The van der Waals surface area contributed by atoms with Crippen LogP contribution in [0.1, 0.15) is 88.2 Å². The first-order chi connectivity index (χ1) is 18.6. The summed E-state index contributed by atoms with van der Waals surface area (Å²) < 4.78 is 12.7. The van der Waals surface area contributed by atoms with Crippen LogP contribution in [0.25, 0.3) is 10.8 Å². The molecule has 0 spiro atoms. The number of aliphatic hydroxyl groups excluding tert-OH is 2. The molecule has 2 aromatic rings. The minimum Gasteiger partial charge on any atom is -0.491 e. The summed E-state index contributed by atoms with van der Waals surface area (Å²) in [6.07, 6.45) is 16.4. The van der Waals surface area contributed by atoms with Crippen molar-refractivity contribution >= 4 is 10.8 Å². The molecular formula is C34H44O4. The van der Waals surface area contributed by atoms with Crippen molar-refractivity contribution in [1.82, 2.24) is 0 Å². The summed E-state index contributed by atoms with van der Waals surface area (Å²) in [6.45, 7) is 0.738. The molecule has 4 nitrogen and oxygen atoms in total. The second-order valence-electron chi connectivity index (χ2n) is 14.5. The Morgan fingerprint density at radius 1 is 0.579 bits per heavy atom. The van der Waals surface area contributed by atoms with Crippen molar-refractivity contribution in [3.63, 3.8) is 0 Å². The van der Waals surface area contributed by atoms with Gasteiger partial charge in [-0.25, -0.2) is 0 Å². The van der Waals surface area contributed by atoms with Gasteiger partial charge in [-0.3, -0.25) is 0 Å². The lowest BCUT2D eigenvalue weighted by Crippen LogP contribution is -2.49. The van der Waals surface area contributed by atoms with Gasteiger partial charge in [-0.2, -0.15) is 0 Å². The van der Waals surface area contributed by atoms with Crippen LogP contribution in [0.4, 0.5) is 0 Å². The third-order valence-corrected chi connectivity index (χ3v) is 12.0. The zero-order valence-corrected chi connectivity index (χ0v) is 22.8. The molecule has 2 N–H and O–H groups in total. The van der Waals surface area contributed by atoms with Crippen LogP contribution < -0.4 is 9.47 Å². The standard InChI is InChI=1S/C34H44O4/c35-3-5-37-30-2-1-28-29(32(30)34-18-24-10-25(19-34)12-26(11-24)20-34)13-27(14-31(28)38-6-4-36)33-15-21-7-22(16-33)9-23(8-21)17-33/h1-2,13-14,21-26,35-36H,3-12,15-20H2. The fourth-order valence-corrected chi connectivity index (χ4v) is 11.7. The van der Waals surface area contributed by atoms with Crippen LogP contribution in [0.2, 0.25) is 0 Å². The molecule has 0 amide bonds. The van der Waals surface area contributed by atoms with Crippen LogP contribution in [-0.2, 0) is 10.8 Å². The highest BCUT2D eigenvalue weighted by molar-refractivity contribution is 5.94. The highest BCUT2D eigenvalue weighted by atomic mass is 16.5. The number of benzene rings is 2. The van der Waals surface area contributed by atoms with E-state index in [1.165, 1.54) is 98.9 Å². The van der Waals surface area contributed by atoms with E-state index in [4.69, 9.17) is 9.47 Å². The maximum atomic E-state index is 9.68. The largest absolute Gasteiger partial charge is 0.491 e. The van der Waals surface area contributed by atoms with E-state index in [-0.39, 0.29) is 24.0 Å². The molecular weight excluding hydrogens is 472 g/mol. The topological polar surface area (TPSA) is 58.9 Å². The normalized spacial score (nSPS) is 40.3. The highest BCUT2D eigenvalue weighted by Gasteiger charge is 2.54. The Morgan fingerprint density at radius 2 is 1.05 bits per heavy atom. The third kappa shape index (κ3) is 3.69. The van der Waals surface area contributed by atoms with Crippen molar-refractivity contribution < 1.29 is 19.7 Å². The maximum Gasteiger partial charge on any atom is 0.127 e. The van der Waals surface area contributed by atoms with Gasteiger partial charge in [0.15, 0.2) is 0 Å². The van der Waals surface area contributed by atoms with Gasteiger partial charge in [0, 0.05) is 16.4 Å². The smallest absolute Gasteiger partial charge is 0.127 e. The zero-order valence-electron chi connectivity index (χ0n) is 22.8. The van der Waals surface area contributed by atoms with E-state index in [9.17, 15) is 10.2 Å². The van der Waals surface area contributed by atoms with Crippen LogP contribution in [0.5, 0.6) is 11.5 Å². The number of hydrogen-bond acceptors (Lipinski definition) is 4. The molecule has 0 radical (unpaired) electrons. The Hall–Kier alpha value is -1.78. The number of ether oxygens (including phenoxy) is 2. The summed E-state index contributed by atoms with van der Waals surface area (Å²) in [7, 11) is 0. The molecule has 204 valence electrons. The summed E-state index contributed by atoms with van der Waals surface area (Å²) in [5.74, 6) is 7.14.